The number of nitro groups is 1. The van der Waals surface area contributed by atoms with Crippen molar-refractivity contribution in [1.82, 2.24) is 0 Å². The minimum absolute atomic E-state index is 0.0783. The van der Waals surface area contributed by atoms with Crippen LogP contribution in [0.15, 0.2) is 30.4 Å². The van der Waals surface area contributed by atoms with Crippen LogP contribution in [0, 0.1) is 40.7 Å². The number of carboxylic acids is 1. The summed E-state index contributed by atoms with van der Waals surface area (Å²) in [7, 11) is 0. The average Bonchev–Trinajstić information content (AvgIpc) is 3.09. The van der Waals surface area contributed by atoms with Crippen LogP contribution in [0.3, 0.4) is 0 Å². The minimum atomic E-state index is -0.975. The van der Waals surface area contributed by atoms with Gasteiger partial charge in [-0.05, 0) is 31.2 Å². The van der Waals surface area contributed by atoms with Gasteiger partial charge in [0.05, 0.1) is 16.8 Å². The fourth-order valence-corrected chi connectivity index (χ4v) is 3.63. The molecule has 120 valence electrons. The summed E-state index contributed by atoms with van der Waals surface area (Å²) < 4.78 is 0. The van der Waals surface area contributed by atoms with Gasteiger partial charge in [0.25, 0.3) is 5.69 Å². The minimum Gasteiger partial charge on any atom is -0.481 e. The molecule has 7 nitrogen and oxygen atoms in total. The van der Waals surface area contributed by atoms with Crippen molar-refractivity contribution in [3.8, 4) is 0 Å². The SMILES string of the molecule is Cc1ccc(NC(=O)[C@H]2[C@@H](C(=O)O)[C@H]3C=C[C@H]2C3)cc1[N+](=O)[O-]. The van der Waals surface area contributed by atoms with Crippen LogP contribution in [0.4, 0.5) is 11.4 Å². The van der Waals surface area contributed by atoms with E-state index in [1.165, 1.54) is 6.07 Å². The molecule has 2 aliphatic carbocycles. The van der Waals surface area contributed by atoms with Gasteiger partial charge in [-0.15, -0.1) is 0 Å². The number of carboxylic acid groups (broad SMARTS) is 1. The number of carbonyl (C=O) groups excluding carboxylic acids is 1. The zero-order chi connectivity index (χ0) is 16.7. The monoisotopic (exact) mass is 316 g/mol. The number of anilines is 1. The first kappa shape index (κ1) is 15.2. The number of allylic oxidation sites excluding steroid dienone is 2. The van der Waals surface area contributed by atoms with Crippen LogP contribution in [0.1, 0.15) is 12.0 Å². The van der Waals surface area contributed by atoms with Crippen LogP contribution in [0.2, 0.25) is 0 Å². The molecule has 0 radical (unpaired) electrons. The summed E-state index contributed by atoms with van der Waals surface area (Å²) in [4.78, 5) is 34.4. The summed E-state index contributed by atoms with van der Waals surface area (Å²) in [6.45, 7) is 1.62. The molecule has 0 spiro atoms. The van der Waals surface area contributed by atoms with E-state index in [4.69, 9.17) is 0 Å². The maximum absolute atomic E-state index is 12.5. The normalized spacial score (nSPS) is 27.9. The summed E-state index contributed by atoms with van der Waals surface area (Å²) in [5.74, 6) is -2.93. The molecule has 1 fully saturated rings. The van der Waals surface area contributed by atoms with Gasteiger partial charge in [0.15, 0.2) is 0 Å². The summed E-state index contributed by atoms with van der Waals surface area (Å²) in [6.07, 6.45) is 4.43. The smallest absolute Gasteiger partial charge is 0.307 e. The molecule has 7 heteroatoms. The summed E-state index contributed by atoms with van der Waals surface area (Å²) in [6, 6.07) is 4.44. The van der Waals surface area contributed by atoms with Crippen LogP contribution >= 0.6 is 0 Å². The molecule has 1 aromatic carbocycles. The van der Waals surface area contributed by atoms with Gasteiger partial charge in [-0.3, -0.25) is 19.7 Å². The maximum Gasteiger partial charge on any atom is 0.307 e. The van der Waals surface area contributed by atoms with Crippen molar-refractivity contribution in [2.45, 2.75) is 13.3 Å². The lowest BCUT2D eigenvalue weighted by Crippen LogP contribution is -2.36. The second kappa shape index (κ2) is 5.49. The number of amides is 1. The average molecular weight is 316 g/mol. The third-order valence-electron chi connectivity index (χ3n) is 4.72. The molecule has 0 aromatic heterocycles. The second-order valence-corrected chi connectivity index (χ2v) is 6.09. The van der Waals surface area contributed by atoms with Gasteiger partial charge < -0.3 is 10.4 Å². The highest BCUT2D eigenvalue weighted by atomic mass is 16.6. The van der Waals surface area contributed by atoms with Crippen molar-refractivity contribution in [3.05, 3.63) is 46.0 Å². The Morgan fingerprint density at radius 3 is 2.52 bits per heavy atom. The van der Waals surface area contributed by atoms with Crippen LogP contribution in [0.5, 0.6) is 0 Å². The quantitative estimate of drug-likeness (QED) is 0.503. The van der Waals surface area contributed by atoms with Gasteiger partial charge in [0.1, 0.15) is 0 Å². The van der Waals surface area contributed by atoms with E-state index in [0.29, 0.717) is 17.7 Å². The van der Waals surface area contributed by atoms with Crippen LogP contribution in [-0.4, -0.2) is 21.9 Å². The van der Waals surface area contributed by atoms with Crippen molar-refractivity contribution in [3.63, 3.8) is 0 Å². The van der Waals surface area contributed by atoms with Gasteiger partial charge in [-0.1, -0.05) is 18.2 Å². The van der Waals surface area contributed by atoms with E-state index in [1.807, 2.05) is 12.2 Å². The lowest BCUT2D eigenvalue weighted by molar-refractivity contribution is -0.385. The number of benzene rings is 1. The van der Waals surface area contributed by atoms with E-state index in [1.54, 1.807) is 19.1 Å². The van der Waals surface area contributed by atoms with Crippen molar-refractivity contribution in [2.75, 3.05) is 5.32 Å². The predicted molar refractivity (Wildman–Crippen MR) is 81.8 cm³/mol. The molecule has 2 N–H and O–H groups in total. The zero-order valence-electron chi connectivity index (χ0n) is 12.4. The molecular formula is C16H16N2O5. The number of nitrogens with zero attached hydrogens (tertiary/aromatic N) is 1. The van der Waals surface area contributed by atoms with E-state index in [0.717, 1.165) is 0 Å². The Morgan fingerprint density at radius 2 is 1.91 bits per heavy atom. The molecule has 4 atom stereocenters. The van der Waals surface area contributed by atoms with E-state index in [2.05, 4.69) is 5.32 Å². The first-order chi connectivity index (χ1) is 10.9. The van der Waals surface area contributed by atoms with Crippen molar-refractivity contribution < 1.29 is 19.6 Å². The number of aryl methyl sites for hydroxylation is 1. The lowest BCUT2D eigenvalue weighted by atomic mass is 9.82. The topological polar surface area (TPSA) is 110 Å². The Balaban J connectivity index is 1.82. The number of nitro benzene ring substituents is 1. The lowest BCUT2D eigenvalue weighted by Gasteiger charge is -2.23. The van der Waals surface area contributed by atoms with Gasteiger partial charge >= 0.3 is 5.97 Å². The highest BCUT2D eigenvalue weighted by Crippen LogP contribution is 2.48. The number of carbonyl (C=O) groups is 2. The first-order valence-electron chi connectivity index (χ1n) is 7.35. The highest BCUT2D eigenvalue weighted by molar-refractivity contribution is 5.96. The number of nitrogens with one attached hydrogen (secondary N) is 1. The summed E-state index contributed by atoms with van der Waals surface area (Å²) >= 11 is 0. The molecule has 0 aliphatic heterocycles. The molecule has 2 aliphatic rings. The van der Waals surface area contributed by atoms with E-state index >= 15 is 0 Å². The Bertz CT molecular complexity index is 727. The molecule has 2 bridgehead atoms. The number of rotatable bonds is 4. The van der Waals surface area contributed by atoms with Crippen molar-refractivity contribution in [2.24, 2.45) is 23.7 Å². The van der Waals surface area contributed by atoms with Crippen LogP contribution < -0.4 is 5.32 Å². The van der Waals surface area contributed by atoms with Gasteiger partial charge in [0, 0.05) is 17.3 Å². The highest BCUT2D eigenvalue weighted by Gasteiger charge is 2.51. The third-order valence-corrected chi connectivity index (χ3v) is 4.72. The Hall–Kier alpha value is -2.70. The Kier molecular flexibility index (Phi) is 3.63. The molecule has 1 saturated carbocycles. The molecular weight excluding hydrogens is 300 g/mol. The standard InChI is InChI=1S/C16H16N2O5/c1-8-2-5-11(7-12(8)18(22)23)17-15(19)13-9-3-4-10(6-9)14(13)16(20)21/h2-5,7,9-10,13-14H,6H2,1H3,(H,17,19)(H,20,21)/t9-,10-,13+,14-/m0/s1. The molecule has 1 aromatic rings. The van der Waals surface area contributed by atoms with Crippen molar-refractivity contribution in [1.29, 1.82) is 0 Å². The second-order valence-electron chi connectivity index (χ2n) is 6.09. The summed E-state index contributed by atoms with van der Waals surface area (Å²) in [5, 5.41) is 23.0. The van der Waals surface area contributed by atoms with E-state index < -0.39 is 28.6 Å². The molecule has 23 heavy (non-hydrogen) atoms. The molecule has 0 unspecified atom stereocenters. The fraction of sp³-hybridized carbons (Fsp3) is 0.375. The number of fused-ring (bicyclic) bond motifs is 2. The van der Waals surface area contributed by atoms with Gasteiger partial charge in [0.2, 0.25) is 5.91 Å². The fourth-order valence-electron chi connectivity index (χ4n) is 3.63. The molecule has 0 saturated heterocycles. The van der Waals surface area contributed by atoms with Gasteiger partial charge in [-0.2, -0.15) is 0 Å². The number of hydrogen-bond acceptors (Lipinski definition) is 4. The summed E-state index contributed by atoms with van der Waals surface area (Å²) in [5.41, 5.74) is 0.730. The first-order valence-corrected chi connectivity index (χ1v) is 7.35. The van der Waals surface area contributed by atoms with Crippen LogP contribution in [-0.2, 0) is 9.59 Å². The van der Waals surface area contributed by atoms with Crippen molar-refractivity contribution >= 4 is 23.3 Å². The Labute approximate surface area is 132 Å². The maximum atomic E-state index is 12.5. The zero-order valence-corrected chi connectivity index (χ0v) is 12.4. The largest absolute Gasteiger partial charge is 0.481 e. The molecule has 0 heterocycles. The predicted octanol–water partition coefficient (Wildman–Crippen LogP) is 2.36. The van der Waals surface area contributed by atoms with Gasteiger partial charge in [-0.25, -0.2) is 0 Å². The van der Waals surface area contributed by atoms with E-state index in [-0.39, 0.29) is 17.5 Å². The van der Waals surface area contributed by atoms with Crippen LogP contribution in [0.25, 0.3) is 0 Å². The number of hydrogen-bond donors (Lipinski definition) is 2. The molecule has 1 amide bonds. The Morgan fingerprint density at radius 1 is 1.26 bits per heavy atom. The number of aliphatic carboxylic acids is 1. The van der Waals surface area contributed by atoms with E-state index in [9.17, 15) is 24.8 Å². The third kappa shape index (κ3) is 2.58. The molecule has 3 rings (SSSR count).